The molecule has 2 saturated heterocycles. The van der Waals surface area contributed by atoms with Gasteiger partial charge in [0.05, 0.1) is 0 Å². The zero-order chi connectivity index (χ0) is 22.7. The van der Waals surface area contributed by atoms with Gasteiger partial charge in [-0.2, -0.15) is 0 Å². The standard InChI is InChI=1S/C18H28N2O.4C2H6/c1-15-3-5-18(6-4-15)21-12-11-20-13-17(14-20)16-7-9-19(2)10-8-16;4*1-2/h3-6,16-17H,7-14H2,1-2H3;4*1-2H3. The molecule has 2 aliphatic heterocycles. The maximum Gasteiger partial charge on any atom is 0.119 e. The van der Waals surface area contributed by atoms with Crippen molar-refractivity contribution in [1.82, 2.24) is 9.80 Å². The molecular weight excluding hydrogens is 356 g/mol. The van der Waals surface area contributed by atoms with Crippen LogP contribution in [0.5, 0.6) is 5.75 Å². The van der Waals surface area contributed by atoms with Crippen LogP contribution in [0.4, 0.5) is 0 Å². The highest BCUT2D eigenvalue weighted by Crippen LogP contribution is 2.31. The van der Waals surface area contributed by atoms with Gasteiger partial charge in [0.1, 0.15) is 12.4 Å². The lowest BCUT2D eigenvalue weighted by molar-refractivity contribution is 0.0240. The Morgan fingerprint density at radius 3 is 1.76 bits per heavy atom. The molecular formula is C26H52N2O. The summed E-state index contributed by atoms with van der Waals surface area (Å²) in [5.41, 5.74) is 1.28. The van der Waals surface area contributed by atoms with Gasteiger partial charge in [-0.1, -0.05) is 73.1 Å². The molecule has 2 aliphatic rings. The lowest BCUT2D eigenvalue weighted by Crippen LogP contribution is -2.52. The molecule has 29 heavy (non-hydrogen) atoms. The number of hydrogen-bond acceptors (Lipinski definition) is 3. The maximum atomic E-state index is 5.81. The number of benzene rings is 1. The third-order valence-electron chi connectivity index (χ3n) is 5.11. The van der Waals surface area contributed by atoms with Gasteiger partial charge in [-0.25, -0.2) is 0 Å². The Morgan fingerprint density at radius 1 is 0.793 bits per heavy atom. The summed E-state index contributed by atoms with van der Waals surface area (Å²) >= 11 is 0. The van der Waals surface area contributed by atoms with Crippen molar-refractivity contribution in [3.63, 3.8) is 0 Å². The molecule has 1 aromatic carbocycles. The van der Waals surface area contributed by atoms with Gasteiger partial charge in [-0.3, -0.25) is 4.90 Å². The molecule has 3 rings (SSSR count). The number of piperidine rings is 1. The van der Waals surface area contributed by atoms with Gasteiger partial charge in [0, 0.05) is 19.6 Å². The summed E-state index contributed by atoms with van der Waals surface area (Å²) in [7, 11) is 2.24. The van der Waals surface area contributed by atoms with E-state index in [9.17, 15) is 0 Å². The highest BCUT2D eigenvalue weighted by Gasteiger charge is 2.34. The van der Waals surface area contributed by atoms with Crippen LogP contribution >= 0.6 is 0 Å². The van der Waals surface area contributed by atoms with Crippen molar-refractivity contribution >= 4 is 0 Å². The molecule has 3 nitrogen and oxygen atoms in total. The summed E-state index contributed by atoms with van der Waals surface area (Å²) in [6.07, 6.45) is 2.80. The summed E-state index contributed by atoms with van der Waals surface area (Å²) in [5.74, 6) is 2.90. The van der Waals surface area contributed by atoms with Crippen molar-refractivity contribution in [2.45, 2.75) is 75.2 Å². The minimum absolute atomic E-state index is 0.809. The van der Waals surface area contributed by atoms with E-state index >= 15 is 0 Å². The first kappa shape index (κ1) is 30.1. The lowest BCUT2D eigenvalue weighted by Gasteiger charge is -2.45. The largest absolute Gasteiger partial charge is 0.492 e. The summed E-state index contributed by atoms with van der Waals surface area (Å²) in [6.45, 7) is 25.1. The topological polar surface area (TPSA) is 15.7 Å². The lowest BCUT2D eigenvalue weighted by atomic mass is 9.80. The van der Waals surface area contributed by atoms with Crippen LogP contribution in [0.15, 0.2) is 24.3 Å². The average molecular weight is 409 g/mol. The van der Waals surface area contributed by atoms with Crippen molar-refractivity contribution < 1.29 is 4.74 Å². The van der Waals surface area contributed by atoms with Gasteiger partial charge < -0.3 is 9.64 Å². The molecule has 0 aliphatic carbocycles. The summed E-state index contributed by atoms with van der Waals surface area (Å²) in [6, 6.07) is 8.34. The van der Waals surface area contributed by atoms with Gasteiger partial charge in [0.2, 0.25) is 0 Å². The number of rotatable bonds is 5. The van der Waals surface area contributed by atoms with Crippen molar-refractivity contribution in [3.05, 3.63) is 29.8 Å². The molecule has 2 fully saturated rings. The van der Waals surface area contributed by atoms with Crippen molar-refractivity contribution in [2.24, 2.45) is 11.8 Å². The van der Waals surface area contributed by atoms with Crippen LogP contribution in [-0.2, 0) is 0 Å². The molecule has 3 heteroatoms. The van der Waals surface area contributed by atoms with E-state index in [0.717, 1.165) is 30.7 Å². The SMILES string of the molecule is CC.CC.CC.CC.Cc1ccc(OCCN2CC(C3CCN(C)CC3)C2)cc1. The van der Waals surface area contributed by atoms with Gasteiger partial charge in [-0.15, -0.1) is 0 Å². The maximum absolute atomic E-state index is 5.81. The molecule has 0 spiro atoms. The second kappa shape index (κ2) is 20.2. The van der Waals surface area contributed by atoms with Crippen LogP contribution in [0.25, 0.3) is 0 Å². The monoisotopic (exact) mass is 408 g/mol. The van der Waals surface area contributed by atoms with E-state index < -0.39 is 0 Å². The fraction of sp³-hybridized carbons (Fsp3) is 0.769. The Bertz CT molecular complexity index is 433. The Hall–Kier alpha value is -1.06. The Morgan fingerprint density at radius 2 is 1.28 bits per heavy atom. The predicted octanol–water partition coefficient (Wildman–Crippen LogP) is 6.75. The first-order chi connectivity index (χ1) is 14.2. The molecule has 2 heterocycles. The predicted molar refractivity (Wildman–Crippen MR) is 132 cm³/mol. The minimum atomic E-state index is 0.809. The second-order valence-corrected chi connectivity index (χ2v) is 6.82. The van der Waals surface area contributed by atoms with Crippen LogP contribution in [-0.4, -0.2) is 56.2 Å². The average Bonchev–Trinajstić information content (AvgIpc) is 2.78. The first-order valence-electron chi connectivity index (χ1n) is 12.3. The highest BCUT2D eigenvalue weighted by atomic mass is 16.5. The zero-order valence-electron chi connectivity index (χ0n) is 21.4. The number of hydrogen-bond donors (Lipinski definition) is 0. The van der Waals surface area contributed by atoms with E-state index in [1.165, 1.54) is 44.6 Å². The van der Waals surface area contributed by atoms with Gasteiger partial charge in [-0.05, 0) is 63.9 Å². The number of nitrogens with zero attached hydrogens (tertiary/aromatic N) is 2. The van der Waals surface area contributed by atoms with Crippen LogP contribution in [0.2, 0.25) is 0 Å². The minimum Gasteiger partial charge on any atom is -0.492 e. The van der Waals surface area contributed by atoms with Crippen molar-refractivity contribution in [1.29, 1.82) is 0 Å². The number of aryl methyl sites for hydroxylation is 1. The van der Waals surface area contributed by atoms with E-state index in [4.69, 9.17) is 4.74 Å². The molecule has 0 radical (unpaired) electrons. The first-order valence-corrected chi connectivity index (χ1v) is 12.3. The van der Waals surface area contributed by atoms with Crippen LogP contribution < -0.4 is 4.74 Å². The van der Waals surface area contributed by atoms with Crippen molar-refractivity contribution in [3.8, 4) is 5.75 Å². The summed E-state index contributed by atoms with van der Waals surface area (Å²) in [5, 5.41) is 0. The fourth-order valence-electron chi connectivity index (χ4n) is 3.52. The van der Waals surface area contributed by atoms with Crippen molar-refractivity contribution in [2.75, 3.05) is 46.4 Å². The Labute approximate surface area is 183 Å². The molecule has 0 unspecified atom stereocenters. The fourth-order valence-corrected chi connectivity index (χ4v) is 3.52. The molecule has 0 aromatic heterocycles. The summed E-state index contributed by atoms with van der Waals surface area (Å²) < 4.78 is 5.81. The van der Waals surface area contributed by atoms with Gasteiger partial charge in [0.25, 0.3) is 0 Å². The molecule has 0 saturated carbocycles. The summed E-state index contributed by atoms with van der Waals surface area (Å²) in [4.78, 5) is 5.00. The van der Waals surface area contributed by atoms with E-state index in [1.807, 2.05) is 55.4 Å². The van der Waals surface area contributed by atoms with E-state index in [2.05, 4.69) is 48.0 Å². The van der Waals surface area contributed by atoms with E-state index in [-0.39, 0.29) is 0 Å². The van der Waals surface area contributed by atoms with Crippen LogP contribution in [0.1, 0.15) is 73.8 Å². The second-order valence-electron chi connectivity index (χ2n) is 6.82. The zero-order valence-corrected chi connectivity index (χ0v) is 21.4. The Balaban J connectivity index is 0. The third kappa shape index (κ3) is 12.3. The smallest absolute Gasteiger partial charge is 0.119 e. The third-order valence-corrected chi connectivity index (χ3v) is 5.11. The Kier molecular flexibility index (Phi) is 21.0. The van der Waals surface area contributed by atoms with E-state index in [0.29, 0.717) is 0 Å². The van der Waals surface area contributed by atoms with Gasteiger partial charge in [0.15, 0.2) is 0 Å². The molecule has 172 valence electrons. The molecule has 0 bridgehead atoms. The van der Waals surface area contributed by atoms with Crippen LogP contribution in [0, 0.1) is 18.8 Å². The quantitative estimate of drug-likeness (QED) is 0.536. The molecule has 0 amide bonds. The molecule has 0 atom stereocenters. The normalized spacial score (nSPS) is 16.9. The number of likely N-dealkylation sites (tertiary alicyclic amines) is 2. The van der Waals surface area contributed by atoms with Gasteiger partial charge >= 0.3 is 0 Å². The van der Waals surface area contributed by atoms with E-state index in [1.54, 1.807) is 0 Å². The molecule has 0 N–H and O–H groups in total. The van der Waals surface area contributed by atoms with Crippen LogP contribution in [0.3, 0.4) is 0 Å². The molecule has 1 aromatic rings. The number of ether oxygens (including phenoxy) is 1. The highest BCUT2D eigenvalue weighted by molar-refractivity contribution is 5.26.